The van der Waals surface area contributed by atoms with Gasteiger partial charge >= 0.3 is 6.03 Å². The van der Waals surface area contributed by atoms with Gasteiger partial charge in [-0.3, -0.25) is 9.58 Å². The number of nitrogens with zero attached hydrogens (tertiary/aromatic N) is 5. The second-order valence-electron chi connectivity index (χ2n) is 9.59. The van der Waals surface area contributed by atoms with Crippen molar-refractivity contribution < 1.29 is 4.79 Å². The van der Waals surface area contributed by atoms with E-state index in [0.29, 0.717) is 12.1 Å². The minimum absolute atomic E-state index is 0.0836. The summed E-state index contributed by atoms with van der Waals surface area (Å²) in [4.78, 5) is 19.8. The molecule has 2 aromatic carbocycles. The molecular weight excluding hydrogens is 474 g/mol. The van der Waals surface area contributed by atoms with E-state index in [4.69, 9.17) is 5.26 Å². The van der Waals surface area contributed by atoms with E-state index in [0.717, 1.165) is 54.0 Å². The van der Waals surface area contributed by atoms with Crippen LogP contribution >= 0.6 is 0 Å². The summed E-state index contributed by atoms with van der Waals surface area (Å²) >= 11 is 0. The lowest BCUT2D eigenvalue weighted by molar-refractivity contribution is 0.240. The van der Waals surface area contributed by atoms with E-state index in [1.165, 1.54) is 0 Å². The maximum atomic E-state index is 13.6. The molecule has 38 heavy (non-hydrogen) atoms. The van der Waals surface area contributed by atoms with Crippen molar-refractivity contribution in [1.82, 2.24) is 20.1 Å². The van der Waals surface area contributed by atoms with E-state index in [-0.39, 0.29) is 18.1 Å². The van der Waals surface area contributed by atoms with E-state index >= 15 is 0 Å². The molecule has 2 aromatic heterocycles. The Hall–Kier alpha value is -4.64. The van der Waals surface area contributed by atoms with Crippen LogP contribution in [0.25, 0.3) is 11.3 Å². The predicted molar refractivity (Wildman–Crippen MR) is 148 cm³/mol. The molecular formula is C30H31N7O. The zero-order valence-electron chi connectivity index (χ0n) is 21.4. The van der Waals surface area contributed by atoms with Gasteiger partial charge in [-0.05, 0) is 67.1 Å². The van der Waals surface area contributed by atoms with Crippen molar-refractivity contribution in [3.8, 4) is 17.3 Å². The normalized spacial score (nSPS) is 16.8. The number of hydrogen-bond acceptors (Lipinski definition) is 5. The Balaban J connectivity index is 1.30. The summed E-state index contributed by atoms with van der Waals surface area (Å²) < 4.78 is 1.84. The molecule has 5 rings (SSSR count). The van der Waals surface area contributed by atoms with Gasteiger partial charge in [0.1, 0.15) is 11.9 Å². The van der Waals surface area contributed by atoms with Gasteiger partial charge in [-0.2, -0.15) is 10.4 Å². The molecule has 1 fully saturated rings. The number of benzene rings is 2. The number of rotatable bonds is 7. The fraction of sp³-hybridized carbons (Fsp3) is 0.267. The lowest BCUT2D eigenvalue weighted by Crippen LogP contribution is -2.48. The summed E-state index contributed by atoms with van der Waals surface area (Å²) in [5.74, 6) is 0.774. The van der Waals surface area contributed by atoms with Crippen molar-refractivity contribution in [2.45, 2.75) is 44.3 Å². The Morgan fingerprint density at radius 2 is 1.79 bits per heavy atom. The largest absolute Gasteiger partial charge is 0.367 e. The number of urea groups is 1. The quantitative estimate of drug-likeness (QED) is 0.346. The van der Waals surface area contributed by atoms with Gasteiger partial charge in [0.15, 0.2) is 0 Å². The highest BCUT2D eigenvalue weighted by molar-refractivity contribution is 5.93. The molecule has 0 unspecified atom stereocenters. The first-order valence-electron chi connectivity index (χ1n) is 12.9. The van der Waals surface area contributed by atoms with Crippen LogP contribution in [0.1, 0.15) is 36.8 Å². The van der Waals surface area contributed by atoms with Gasteiger partial charge in [-0.25, -0.2) is 9.78 Å². The summed E-state index contributed by atoms with van der Waals surface area (Å²) in [5, 5.41) is 19.9. The number of hydrogen-bond donors (Lipinski definition) is 2. The van der Waals surface area contributed by atoms with Crippen molar-refractivity contribution >= 4 is 17.5 Å². The molecule has 1 aliphatic rings. The van der Waals surface area contributed by atoms with Crippen LogP contribution in [-0.4, -0.2) is 32.9 Å². The topological polar surface area (TPSA) is 98.9 Å². The van der Waals surface area contributed by atoms with Crippen molar-refractivity contribution in [2.75, 3.05) is 10.2 Å². The Kier molecular flexibility index (Phi) is 7.65. The number of pyridine rings is 1. The molecule has 0 saturated heterocycles. The van der Waals surface area contributed by atoms with Gasteiger partial charge in [0.25, 0.3) is 0 Å². The minimum atomic E-state index is -0.0905. The molecule has 0 spiro atoms. The lowest BCUT2D eigenvalue weighted by Gasteiger charge is -2.37. The number of amides is 2. The average Bonchev–Trinajstić information content (AvgIpc) is 3.40. The van der Waals surface area contributed by atoms with E-state index in [1.807, 2.05) is 83.4 Å². The van der Waals surface area contributed by atoms with Crippen LogP contribution in [0.5, 0.6) is 0 Å². The highest BCUT2D eigenvalue weighted by Gasteiger charge is 2.30. The minimum Gasteiger partial charge on any atom is -0.367 e. The summed E-state index contributed by atoms with van der Waals surface area (Å²) in [7, 11) is 1.92. The van der Waals surface area contributed by atoms with Crippen molar-refractivity contribution in [2.24, 2.45) is 7.05 Å². The molecule has 0 aliphatic heterocycles. The molecule has 0 bridgehead atoms. The Morgan fingerprint density at radius 3 is 2.42 bits per heavy atom. The highest BCUT2D eigenvalue weighted by atomic mass is 16.2. The molecule has 8 heteroatoms. The second kappa shape index (κ2) is 11.6. The maximum Gasteiger partial charge on any atom is 0.322 e. The average molecular weight is 506 g/mol. The van der Waals surface area contributed by atoms with E-state index in [1.54, 1.807) is 18.5 Å². The molecule has 192 valence electrons. The van der Waals surface area contributed by atoms with E-state index < -0.39 is 0 Å². The molecule has 2 N–H and O–H groups in total. The third kappa shape index (κ3) is 5.84. The Labute approximate surface area is 222 Å². The van der Waals surface area contributed by atoms with E-state index in [9.17, 15) is 4.79 Å². The first-order valence-corrected chi connectivity index (χ1v) is 12.9. The molecule has 0 atom stereocenters. The molecule has 0 radical (unpaired) electrons. The van der Waals surface area contributed by atoms with Crippen LogP contribution in [0, 0.1) is 11.3 Å². The smallest absolute Gasteiger partial charge is 0.322 e. The van der Waals surface area contributed by atoms with Crippen LogP contribution in [0.4, 0.5) is 16.3 Å². The van der Waals surface area contributed by atoms with Crippen LogP contribution in [-0.2, 0) is 13.6 Å². The number of nitriles is 1. The first kappa shape index (κ1) is 25.0. The van der Waals surface area contributed by atoms with Crippen LogP contribution in [0.15, 0.2) is 85.2 Å². The fourth-order valence-corrected chi connectivity index (χ4v) is 5.04. The number of carbonyl (C=O) groups is 1. The van der Waals surface area contributed by atoms with Crippen LogP contribution < -0.4 is 15.5 Å². The monoisotopic (exact) mass is 505 g/mol. The number of anilines is 2. The third-order valence-corrected chi connectivity index (χ3v) is 7.07. The number of carbonyl (C=O) groups excluding carboxylic acids is 1. The molecule has 1 saturated carbocycles. The summed E-state index contributed by atoms with van der Waals surface area (Å²) in [6, 6.07) is 26.1. The fourth-order valence-electron chi connectivity index (χ4n) is 5.04. The second-order valence-corrected chi connectivity index (χ2v) is 9.59. The number of aryl methyl sites for hydroxylation is 1. The maximum absolute atomic E-state index is 13.6. The molecule has 8 nitrogen and oxygen atoms in total. The highest BCUT2D eigenvalue weighted by Crippen LogP contribution is 2.31. The third-order valence-electron chi connectivity index (χ3n) is 7.07. The Bertz CT molecular complexity index is 1380. The van der Waals surface area contributed by atoms with Crippen molar-refractivity contribution in [3.05, 3.63) is 96.3 Å². The molecule has 2 heterocycles. The first-order chi connectivity index (χ1) is 18.6. The molecule has 2 amide bonds. The van der Waals surface area contributed by atoms with Gasteiger partial charge < -0.3 is 10.6 Å². The predicted octanol–water partition coefficient (Wildman–Crippen LogP) is 5.49. The molecule has 1 aliphatic carbocycles. The zero-order chi connectivity index (χ0) is 26.3. The Morgan fingerprint density at radius 1 is 1.03 bits per heavy atom. The van der Waals surface area contributed by atoms with Gasteiger partial charge in [-0.1, -0.05) is 42.5 Å². The lowest BCUT2D eigenvalue weighted by atomic mass is 9.89. The van der Waals surface area contributed by atoms with Crippen molar-refractivity contribution in [1.29, 1.82) is 5.26 Å². The van der Waals surface area contributed by atoms with Crippen LogP contribution in [0.2, 0.25) is 0 Å². The van der Waals surface area contributed by atoms with Crippen molar-refractivity contribution in [3.63, 3.8) is 0 Å². The number of nitrogens with one attached hydrogen (secondary N) is 2. The summed E-state index contributed by atoms with van der Waals surface area (Å²) in [6.07, 6.45) is 6.95. The molecule has 4 aromatic rings. The summed E-state index contributed by atoms with van der Waals surface area (Å²) in [6.45, 7) is 0.477. The van der Waals surface area contributed by atoms with Gasteiger partial charge in [0.05, 0.1) is 11.3 Å². The van der Waals surface area contributed by atoms with Crippen LogP contribution in [0.3, 0.4) is 0 Å². The summed E-state index contributed by atoms with van der Waals surface area (Å²) in [5.41, 5.74) is 4.58. The zero-order valence-corrected chi connectivity index (χ0v) is 21.4. The van der Waals surface area contributed by atoms with E-state index in [2.05, 4.69) is 26.8 Å². The number of aromatic nitrogens is 3. The van der Waals surface area contributed by atoms with Gasteiger partial charge in [0, 0.05) is 43.8 Å². The standard InChI is InChI=1S/C30H31N7O/c1-36-28(17-18-34-36)24-8-12-26(13-9-24)37(30(38)33-20-22-5-3-2-4-6-22)27-14-10-25(11-15-27)35-29-16-7-23(19-31)21-32-29/h2-9,12-13,16-18,21,25,27H,10-11,14-15,20H2,1H3,(H,32,35)(H,33,38). The van der Waals surface area contributed by atoms with Gasteiger partial charge in [-0.15, -0.1) is 0 Å². The van der Waals surface area contributed by atoms with Gasteiger partial charge in [0.2, 0.25) is 0 Å². The SMILES string of the molecule is Cn1nccc1-c1ccc(N(C(=O)NCc2ccccc2)C2CCC(Nc3ccc(C#N)cn3)CC2)cc1.